The lowest BCUT2D eigenvalue weighted by atomic mass is 10.1. The van der Waals surface area contributed by atoms with E-state index >= 15 is 0 Å². The van der Waals surface area contributed by atoms with Gasteiger partial charge in [-0.05, 0) is 19.9 Å². The molecule has 21 heavy (non-hydrogen) atoms. The summed E-state index contributed by atoms with van der Waals surface area (Å²) in [5.74, 6) is -0.668. The molecule has 1 aromatic rings. The van der Waals surface area contributed by atoms with Crippen LogP contribution in [0.1, 0.15) is 29.8 Å². The van der Waals surface area contributed by atoms with Crippen molar-refractivity contribution in [3.8, 4) is 0 Å². The Morgan fingerprint density at radius 2 is 2.05 bits per heavy atom. The number of carbonyl (C=O) groups excluding carboxylic acids is 1. The minimum atomic E-state index is -0.668. The molecule has 114 valence electrons. The number of nitrogens with two attached hydrogens (primary N) is 1. The molecule has 0 unspecified atom stereocenters. The van der Waals surface area contributed by atoms with Gasteiger partial charge in [0.1, 0.15) is 0 Å². The van der Waals surface area contributed by atoms with Gasteiger partial charge in [0.05, 0.1) is 17.1 Å². The summed E-state index contributed by atoms with van der Waals surface area (Å²) in [7, 11) is 0. The van der Waals surface area contributed by atoms with Crippen molar-refractivity contribution in [2.75, 3.05) is 13.1 Å². The molecule has 1 aliphatic rings. The van der Waals surface area contributed by atoms with Crippen LogP contribution in [0.3, 0.4) is 0 Å². The van der Waals surface area contributed by atoms with Crippen LogP contribution in [0.2, 0.25) is 0 Å². The molecule has 2 rings (SSSR count). The smallest absolute Gasteiger partial charge is 0.274 e. The van der Waals surface area contributed by atoms with Gasteiger partial charge >= 0.3 is 0 Å². The molecule has 0 radical (unpaired) electrons. The van der Waals surface area contributed by atoms with E-state index in [1.807, 2.05) is 13.8 Å². The number of rotatable bonds is 4. The fraction of sp³-hybridized carbons (Fsp3) is 0.500. The van der Waals surface area contributed by atoms with E-state index in [-0.39, 0.29) is 23.5 Å². The Labute approximate surface area is 122 Å². The molecule has 0 aromatic heterocycles. The van der Waals surface area contributed by atoms with E-state index in [0.717, 1.165) is 13.1 Å². The summed E-state index contributed by atoms with van der Waals surface area (Å²) in [4.78, 5) is 24.0. The number of carbonyl (C=O) groups is 1. The fourth-order valence-electron chi connectivity index (χ4n) is 2.68. The monoisotopic (exact) mass is 293 g/mol. The number of ether oxygens (including phenoxy) is 1. The number of nitro groups is 1. The van der Waals surface area contributed by atoms with E-state index in [9.17, 15) is 14.9 Å². The number of amides is 1. The molecular formula is C14H19N3O4. The van der Waals surface area contributed by atoms with Crippen molar-refractivity contribution in [2.24, 2.45) is 5.73 Å². The lowest BCUT2D eigenvalue weighted by Gasteiger charge is -2.35. The number of primary amides is 1. The molecule has 1 amide bonds. The first kappa shape index (κ1) is 15.4. The van der Waals surface area contributed by atoms with Crippen LogP contribution < -0.4 is 5.73 Å². The van der Waals surface area contributed by atoms with Gasteiger partial charge in [-0.3, -0.25) is 19.8 Å². The third-order valence-corrected chi connectivity index (χ3v) is 3.46. The van der Waals surface area contributed by atoms with Crippen molar-refractivity contribution >= 4 is 11.6 Å². The van der Waals surface area contributed by atoms with Crippen LogP contribution in [0.4, 0.5) is 5.69 Å². The Balaban J connectivity index is 2.23. The summed E-state index contributed by atoms with van der Waals surface area (Å²) in [6.45, 7) is 5.85. The predicted octanol–water partition coefficient (Wildman–Crippen LogP) is 1.30. The van der Waals surface area contributed by atoms with Crippen LogP contribution in [0.25, 0.3) is 0 Å². The summed E-state index contributed by atoms with van der Waals surface area (Å²) < 4.78 is 5.65. The Hall–Kier alpha value is -1.99. The number of hydrogen-bond acceptors (Lipinski definition) is 5. The van der Waals surface area contributed by atoms with Crippen LogP contribution in [0, 0.1) is 10.1 Å². The van der Waals surface area contributed by atoms with E-state index < -0.39 is 10.8 Å². The average molecular weight is 293 g/mol. The van der Waals surface area contributed by atoms with Gasteiger partial charge in [0, 0.05) is 36.8 Å². The summed E-state index contributed by atoms with van der Waals surface area (Å²) >= 11 is 0. The maximum Gasteiger partial charge on any atom is 0.274 e. The first-order valence-corrected chi connectivity index (χ1v) is 6.81. The second-order valence-corrected chi connectivity index (χ2v) is 5.42. The molecule has 1 aromatic carbocycles. The molecule has 1 fully saturated rings. The molecule has 7 heteroatoms. The second-order valence-electron chi connectivity index (χ2n) is 5.42. The highest BCUT2D eigenvalue weighted by Crippen LogP contribution is 2.23. The molecule has 2 N–H and O–H groups in total. The van der Waals surface area contributed by atoms with Gasteiger partial charge in [-0.1, -0.05) is 6.07 Å². The quantitative estimate of drug-likeness (QED) is 0.666. The second kappa shape index (κ2) is 6.19. The zero-order chi connectivity index (χ0) is 15.6. The van der Waals surface area contributed by atoms with Crippen LogP contribution in [-0.4, -0.2) is 41.0 Å². The highest BCUT2D eigenvalue weighted by Gasteiger charge is 2.25. The highest BCUT2D eigenvalue weighted by molar-refractivity contribution is 5.93. The van der Waals surface area contributed by atoms with Crippen molar-refractivity contribution in [1.82, 2.24) is 4.90 Å². The maximum atomic E-state index is 11.2. The minimum absolute atomic E-state index is 0.0712. The van der Waals surface area contributed by atoms with Gasteiger partial charge in [0.25, 0.3) is 5.69 Å². The van der Waals surface area contributed by atoms with Gasteiger partial charge in [0.15, 0.2) is 0 Å². The molecule has 0 spiro atoms. The molecule has 0 bridgehead atoms. The molecule has 0 saturated carbocycles. The van der Waals surface area contributed by atoms with Crippen LogP contribution in [-0.2, 0) is 11.3 Å². The van der Waals surface area contributed by atoms with Crippen LogP contribution >= 0.6 is 0 Å². The van der Waals surface area contributed by atoms with Crippen molar-refractivity contribution in [2.45, 2.75) is 32.6 Å². The number of hydrogen-bond donors (Lipinski definition) is 1. The van der Waals surface area contributed by atoms with Crippen molar-refractivity contribution in [1.29, 1.82) is 0 Å². The summed E-state index contributed by atoms with van der Waals surface area (Å²) in [5.41, 5.74) is 5.82. The van der Waals surface area contributed by atoms with Crippen molar-refractivity contribution in [3.05, 3.63) is 39.4 Å². The van der Waals surface area contributed by atoms with Gasteiger partial charge in [-0.15, -0.1) is 0 Å². The third-order valence-electron chi connectivity index (χ3n) is 3.46. The van der Waals surface area contributed by atoms with Crippen LogP contribution in [0.5, 0.6) is 0 Å². The minimum Gasteiger partial charge on any atom is -0.373 e. The Bertz CT molecular complexity index is 551. The summed E-state index contributed by atoms with van der Waals surface area (Å²) in [5, 5.41) is 11.2. The van der Waals surface area contributed by atoms with E-state index in [2.05, 4.69) is 4.90 Å². The highest BCUT2D eigenvalue weighted by atomic mass is 16.6. The van der Waals surface area contributed by atoms with Crippen molar-refractivity contribution in [3.63, 3.8) is 0 Å². The largest absolute Gasteiger partial charge is 0.373 e. The molecule has 1 saturated heterocycles. The Morgan fingerprint density at radius 3 is 2.57 bits per heavy atom. The van der Waals surface area contributed by atoms with Crippen molar-refractivity contribution < 1.29 is 14.5 Å². The molecule has 2 atom stereocenters. The standard InChI is InChI=1S/C14H19N3O4/c1-9-6-16(7-10(2)21-9)8-12-4-3-11(14(15)18)5-13(12)17(19)20/h3-5,9-10H,6-8H2,1-2H3,(H2,15,18)/t9-,10-/m0/s1. The Kier molecular flexibility index (Phi) is 4.54. The molecule has 1 heterocycles. The molecular weight excluding hydrogens is 274 g/mol. The molecule has 7 nitrogen and oxygen atoms in total. The average Bonchev–Trinajstić information content (AvgIpc) is 2.37. The van der Waals surface area contributed by atoms with Crippen LogP contribution in [0.15, 0.2) is 18.2 Å². The Morgan fingerprint density at radius 1 is 1.43 bits per heavy atom. The first-order chi connectivity index (χ1) is 9.86. The topological polar surface area (TPSA) is 98.7 Å². The predicted molar refractivity (Wildman–Crippen MR) is 76.9 cm³/mol. The molecule has 0 aliphatic carbocycles. The van der Waals surface area contributed by atoms with E-state index in [1.165, 1.54) is 12.1 Å². The number of morpholine rings is 1. The van der Waals surface area contributed by atoms with Gasteiger partial charge in [0.2, 0.25) is 5.91 Å². The number of nitrogens with zero attached hydrogens (tertiary/aromatic N) is 2. The lowest BCUT2D eigenvalue weighted by molar-refractivity contribution is -0.385. The molecule has 1 aliphatic heterocycles. The van der Waals surface area contributed by atoms with E-state index in [4.69, 9.17) is 10.5 Å². The van der Waals surface area contributed by atoms with E-state index in [0.29, 0.717) is 12.1 Å². The SMILES string of the molecule is C[C@H]1CN(Cc2ccc(C(N)=O)cc2[N+](=O)[O-])C[C@H](C)O1. The normalized spacial score (nSPS) is 23.0. The zero-order valence-corrected chi connectivity index (χ0v) is 12.1. The lowest BCUT2D eigenvalue weighted by Crippen LogP contribution is -2.44. The van der Waals surface area contributed by atoms with E-state index in [1.54, 1.807) is 6.07 Å². The summed E-state index contributed by atoms with van der Waals surface area (Å²) in [6, 6.07) is 4.37. The fourth-order valence-corrected chi connectivity index (χ4v) is 2.68. The van der Waals surface area contributed by atoms with Gasteiger partial charge in [-0.2, -0.15) is 0 Å². The van der Waals surface area contributed by atoms with Gasteiger partial charge in [-0.25, -0.2) is 0 Å². The number of benzene rings is 1. The third kappa shape index (κ3) is 3.77. The number of nitro benzene ring substituents is 1. The first-order valence-electron chi connectivity index (χ1n) is 6.81. The van der Waals surface area contributed by atoms with Gasteiger partial charge < -0.3 is 10.5 Å². The maximum absolute atomic E-state index is 11.2. The zero-order valence-electron chi connectivity index (χ0n) is 12.1. The summed E-state index contributed by atoms with van der Waals surface area (Å²) in [6.07, 6.45) is 0.190.